The van der Waals surface area contributed by atoms with E-state index in [1.54, 1.807) is 0 Å². The molecule has 53 heavy (non-hydrogen) atoms. The average Bonchev–Trinajstić information content (AvgIpc) is 3.06. The van der Waals surface area contributed by atoms with E-state index in [0.717, 1.165) is 40.5 Å². The Bertz CT molecular complexity index is 2010. The summed E-state index contributed by atoms with van der Waals surface area (Å²) in [6.07, 6.45) is 2.31. The van der Waals surface area contributed by atoms with Gasteiger partial charge in [-0.25, -0.2) is 0 Å². The van der Waals surface area contributed by atoms with Crippen molar-refractivity contribution in [1.82, 2.24) is 0 Å². The minimum Gasteiger partial charge on any atom is -0.508 e. The Morgan fingerprint density at radius 2 is 0.717 bits per heavy atom. The first kappa shape index (κ1) is 38.2. The van der Waals surface area contributed by atoms with E-state index in [1.807, 2.05) is 12.1 Å². The first-order valence-electron chi connectivity index (χ1n) is 19.5. The summed E-state index contributed by atoms with van der Waals surface area (Å²) in [7, 11) is 0. The van der Waals surface area contributed by atoms with Crippen LogP contribution in [0.3, 0.4) is 0 Å². The Labute approximate surface area is 320 Å². The van der Waals surface area contributed by atoms with Crippen LogP contribution in [0.1, 0.15) is 131 Å². The fraction of sp³-hybridized carbons (Fsp3) is 0.400. The second-order valence-corrected chi connectivity index (χ2v) is 19.8. The number of benzene rings is 5. The van der Waals surface area contributed by atoms with Crippen molar-refractivity contribution in [3.8, 4) is 5.75 Å². The van der Waals surface area contributed by atoms with Crippen LogP contribution in [0.15, 0.2) is 109 Å². The number of hydrogen-bond donors (Lipinski definition) is 1. The standard InChI is InChI=1S/C50H62N2O/c1-46(2,3)34-14-20-37(21-15-34)51(38-22-16-35(17-23-38)47(4,5)6)41-30-42(32-43(53)31-41)52(39-24-18-36(19-25-39)48(7,8)9)40-26-27-44-45(33-40)50(12,13)29-28-49(44,10)11/h14-27,30-33,53H,28-29H2,1-13H3. The van der Waals surface area contributed by atoms with E-state index < -0.39 is 0 Å². The molecule has 6 rings (SSSR count). The highest BCUT2D eigenvalue weighted by atomic mass is 16.3. The molecule has 278 valence electrons. The number of phenols is 1. The van der Waals surface area contributed by atoms with Crippen molar-refractivity contribution in [1.29, 1.82) is 0 Å². The minimum atomic E-state index is 0.0363. The molecule has 1 aliphatic carbocycles. The zero-order chi connectivity index (χ0) is 38.7. The number of nitrogens with zero attached hydrogens (tertiary/aromatic N) is 2. The molecule has 0 bridgehead atoms. The molecule has 3 nitrogen and oxygen atoms in total. The summed E-state index contributed by atoms with van der Waals surface area (Å²) in [5.41, 5.74) is 13.0. The molecule has 5 aromatic carbocycles. The first-order valence-corrected chi connectivity index (χ1v) is 19.5. The van der Waals surface area contributed by atoms with Crippen LogP contribution in [0.4, 0.5) is 34.1 Å². The van der Waals surface area contributed by atoms with E-state index >= 15 is 0 Å². The minimum absolute atomic E-state index is 0.0363. The highest BCUT2D eigenvalue weighted by Gasteiger charge is 2.37. The van der Waals surface area contributed by atoms with Gasteiger partial charge in [-0.1, -0.05) is 132 Å². The predicted molar refractivity (Wildman–Crippen MR) is 229 cm³/mol. The largest absolute Gasteiger partial charge is 0.508 e. The summed E-state index contributed by atoms with van der Waals surface area (Å²) in [5, 5.41) is 11.6. The van der Waals surface area contributed by atoms with Crippen LogP contribution in [-0.2, 0) is 27.1 Å². The normalized spacial score (nSPS) is 15.5. The summed E-state index contributed by atoms with van der Waals surface area (Å²) in [4.78, 5) is 4.58. The summed E-state index contributed by atoms with van der Waals surface area (Å²) in [6.45, 7) is 29.8. The summed E-state index contributed by atoms with van der Waals surface area (Å²) >= 11 is 0. The maximum absolute atomic E-state index is 11.6. The van der Waals surface area contributed by atoms with E-state index in [0.29, 0.717) is 0 Å². The fourth-order valence-corrected chi connectivity index (χ4v) is 7.78. The van der Waals surface area contributed by atoms with E-state index in [1.165, 1.54) is 34.2 Å². The van der Waals surface area contributed by atoms with E-state index in [4.69, 9.17) is 0 Å². The molecule has 0 unspecified atom stereocenters. The molecule has 0 radical (unpaired) electrons. The van der Waals surface area contributed by atoms with Gasteiger partial charge >= 0.3 is 0 Å². The molecule has 5 aromatic rings. The summed E-state index contributed by atoms with van der Waals surface area (Å²) in [5.74, 6) is 0.218. The maximum atomic E-state index is 11.6. The van der Waals surface area contributed by atoms with Crippen molar-refractivity contribution in [2.24, 2.45) is 0 Å². The Hall–Kier alpha value is -4.50. The van der Waals surface area contributed by atoms with Crippen LogP contribution in [0.2, 0.25) is 0 Å². The molecule has 0 saturated heterocycles. The van der Waals surface area contributed by atoms with Gasteiger partial charge in [0.1, 0.15) is 5.75 Å². The quantitative estimate of drug-likeness (QED) is 0.190. The van der Waals surface area contributed by atoms with Crippen LogP contribution in [0.5, 0.6) is 5.75 Å². The maximum Gasteiger partial charge on any atom is 0.119 e. The third kappa shape index (κ3) is 7.91. The molecule has 1 aliphatic rings. The first-order chi connectivity index (χ1) is 24.5. The van der Waals surface area contributed by atoms with Gasteiger partial charge in [-0.3, -0.25) is 0 Å². The highest BCUT2D eigenvalue weighted by Crippen LogP contribution is 2.49. The van der Waals surface area contributed by atoms with Crippen molar-refractivity contribution in [2.45, 2.75) is 130 Å². The molecule has 0 atom stereocenters. The van der Waals surface area contributed by atoms with Gasteiger partial charge in [-0.2, -0.15) is 0 Å². The van der Waals surface area contributed by atoms with Crippen LogP contribution in [-0.4, -0.2) is 5.11 Å². The molecule has 1 N–H and O–H groups in total. The number of aromatic hydroxyl groups is 1. The van der Waals surface area contributed by atoms with Gasteiger partial charge in [-0.05, 0) is 122 Å². The van der Waals surface area contributed by atoms with Crippen molar-refractivity contribution < 1.29 is 5.11 Å². The van der Waals surface area contributed by atoms with Gasteiger partial charge in [0.05, 0.1) is 11.4 Å². The smallest absolute Gasteiger partial charge is 0.119 e. The Morgan fingerprint density at radius 1 is 0.396 bits per heavy atom. The van der Waals surface area contributed by atoms with Crippen molar-refractivity contribution in [3.05, 3.63) is 137 Å². The molecule has 3 heteroatoms. The van der Waals surface area contributed by atoms with Gasteiger partial charge in [0.2, 0.25) is 0 Å². The second-order valence-electron chi connectivity index (χ2n) is 19.8. The van der Waals surface area contributed by atoms with Crippen LogP contribution >= 0.6 is 0 Å². The molecule has 0 heterocycles. The Morgan fingerprint density at radius 3 is 1.08 bits per heavy atom. The number of fused-ring (bicyclic) bond motifs is 1. The molecular weight excluding hydrogens is 645 g/mol. The lowest BCUT2D eigenvalue weighted by Crippen LogP contribution is -2.34. The highest BCUT2D eigenvalue weighted by molar-refractivity contribution is 5.84. The fourth-order valence-electron chi connectivity index (χ4n) is 7.78. The molecule has 0 saturated carbocycles. The number of phenolic OH excluding ortho intramolecular Hbond substituents is 1. The van der Waals surface area contributed by atoms with Gasteiger partial charge in [0.15, 0.2) is 0 Å². The third-order valence-electron chi connectivity index (χ3n) is 11.5. The van der Waals surface area contributed by atoms with Crippen molar-refractivity contribution in [3.63, 3.8) is 0 Å². The van der Waals surface area contributed by atoms with Crippen molar-refractivity contribution in [2.75, 3.05) is 9.80 Å². The summed E-state index contributed by atoms with van der Waals surface area (Å²) in [6, 6.07) is 39.8. The van der Waals surface area contributed by atoms with E-state index in [-0.39, 0.29) is 32.8 Å². The predicted octanol–water partition coefficient (Wildman–Crippen LogP) is 14.6. The van der Waals surface area contributed by atoms with E-state index in [2.05, 4.69) is 197 Å². The van der Waals surface area contributed by atoms with Crippen molar-refractivity contribution >= 4 is 34.1 Å². The lowest BCUT2D eigenvalue weighted by Gasteiger charge is -2.42. The van der Waals surface area contributed by atoms with Crippen LogP contribution in [0, 0.1) is 0 Å². The number of rotatable bonds is 6. The molecular formula is C50H62N2O. The van der Waals surface area contributed by atoms with Gasteiger partial charge in [0, 0.05) is 34.9 Å². The summed E-state index contributed by atoms with van der Waals surface area (Å²) < 4.78 is 0. The average molecular weight is 707 g/mol. The van der Waals surface area contributed by atoms with Gasteiger partial charge < -0.3 is 14.9 Å². The monoisotopic (exact) mass is 706 g/mol. The Kier molecular flexibility index (Phi) is 9.68. The van der Waals surface area contributed by atoms with Crippen LogP contribution < -0.4 is 9.80 Å². The second kappa shape index (κ2) is 13.4. The zero-order valence-electron chi connectivity index (χ0n) is 34.6. The molecule has 0 amide bonds. The molecule has 0 spiro atoms. The van der Waals surface area contributed by atoms with Gasteiger partial charge in [-0.15, -0.1) is 0 Å². The molecule has 0 fully saturated rings. The van der Waals surface area contributed by atoms with E-state index in [9.17, 15) is 5.11 Å². The number of hydrogen-bond acceptors (Lipinski definition) is 3. The van der Waals surface area contributed by atoms with Gasteiger partial charge in [0.25, 0.3) is 0 Å². The SMILES string of the molecule is CC(C)(C)c1ccc(N(c2ccc(C(C)(C)C)cc2)c2cc(O)cc(N(c3ccc(C(C)(C)C)cc3)c3ccc4c(c3)C(C)(C)CCC4(C)C)c2)cc1. The van der Waals surface area contributed by atoms with Crippen LogP contribution in [0.25, 0.3) is 0 Å². The zero-order valence-corrected chi connectivity index (χ0v) is 34.6. The molecule has 0 aromatic heterocycles. The topological polar surface area (TPSA) is 26.7 Å². The Balaban J connectivity index is 1.56. The lowest BCUT2D eigenvalue weighted by molar-refractivity contribution is 0.332. The lowest BCUT2D eigenvalue weighted by atomic mass is 9.63. The number of anilines is 6. The molecule has 0 aliphatic heterocycles. The third-order valence-corrected chi connectivity index (χ3v) is 11.5.